The Balaban J connectivity index is 1.55. The van der Waals surface area contributed by atoms with E-state index in [1.165, 1.54) is 25.8 Å². The Hall–Kier alpha value is -0.120. The predicted molar refractivity (Wildman–Crippen MR) is 61.8 cm³/mol. The molecule has 2 rings (SSSR count). The Morgan fingerprint density at radius 1 is 1.47 bits per heavy atom. The quantitative estimate of drug-likeness (QED) is 0.670. The first kappa shape index (κ1) is 11.4. The molecule has 88 valence electrons. The minimum atomic E-state index is 0.358. The second-order valence-electron chi connectivity index (χ2n) is 5.56. The van der Waals surface area contributed by atoms with E-state index in [4.69, 9.17) is 10.5 Å². The van der Waals surface area contributed by atoms with Crippen LogP contribution in [0.15, 0.2) is 0 Å². The molecule has 0 amide bonds. The van der Waals surface area contributed by atoms with Gasteiger partial charge in [0.1, 0.15) is 0 Å². The summed E-state index contributed by atoms with van der Waals surface area (Å²) in [7, 11) is 0. The van der Waals surface area contributed by atoms with Crippen molar-refractivity contribution in [3.8, 4) is 0 Å². The van der Waals surface area contributed by atoms with Crippen LogP contribution in [0.2, 0.25) is 0 Å². The summed E-state index contributed by atoms with van der Waals surface area (Å²) in [5, 5.41) is 0. The van der Waals surface area contributed by atoms with E-state index < -0.39 is 0 Å². The molecule has 2 fully saturated rings. The molecule has 1 saturated heterocycles. The first-order chi connectivity index (χ1) is 7.22. The van der Waals surface area contributed by atoms with Crippen molar-refractivity contribution in [2.75, 3.05) is 39.4 Å². The minimum Gasteiger partial charge on any atom is -0.380 e. The lowest BCUT2D eigenvalue weighted by atomic mass is 9.90. The summed E-state index contributed by atoms with van der Waals surface area (Å²) in [6.45, 7) is 8.42. The zero-order valence-electron chi connectivity index (χ0n) is 9.87. The van der Waals surface area contributed by atoms with Crippen molar-refractivity contribution in [3.63, 3.8) is 0 Å². The smallest absolute Gasteiger partial charge is 0.0593 e. The summed E-state index contributed by atoms with van der Waals surface area (Å²) in [6.07, 6.45) is 4.01. The minimum absolute atomic E-state index is 0.358. The van der Waals surface area contributed by atoms with Gasteiger partial charge in [-0.3, -0.25) is 0 Å². The highest BCUT2D eigenvalue weighted by Crippen LogP contribution is 2.29. The summed E-state index contributed by atoms with van der Waals surface area (Å²) >= 11 is 0. The second kappa shape index (κ2) is 4.81. The molecule has 0 aromatic carbocycles. The Morgan fingerprint density at radius 3 is 2.87 bits per heavy atom. The van der Waals surface area contributed by atoms with Crippen LogP contribution in [0.25, 0.3) is 0 Å². The average molecular weight is 212 g/mol. The van der Waals surface area contributed by atoms with Gasteiger partial charge in [0.15, 0.2) is 0 Å². The van der Waals surface area contributed by atoms with Crippen LogP contribution in [-0.4, -0.2) is 44.3 Å². The van der Waals surface area contributed by atoms with Gasteiger partial charge in [0, 0.05) is 19.7 Å². The van der Waals surface area contributed by atoms with E-state index >= 15 is 0 Å². The highest BCUT2D eigenvalue weighted by Gasteiger charge is 2.32. The van der Waals surface area contributed by atoms with Crippen LogP contribution in [-0.2, 0) is 4.74 Å². The molecule has 1 saturated carbocycles. The van der Waals surface area contributed by atoms with Crippen molar-refractivity contribution in [1.29, 1.82) is 0 Å². The molecule has 1 atom stereocenters. The van der Waals surface area contributed by atoms with Crippen molar-refractivity contribution in [1.82, 2.24) is 4.90 Å². The summed E-state index contributed by atoms with van der Waals surface area (Å²) in [6, 6.07) is 0. The molecule has 0 radical (unpaired) electrons. The third kappa shape index (κ3) is 3.44. The van der Waals surface area contributed by atoms with E-state index in [0.717, 1.165) is 38.8 Å². The monoisotopic (exact) mass is 212 g/mol. The second-order valence-corrected chi connectivity index (χ2v) is 5.56. The zero-order chi connectivity index (χ0) is 10.7. The molecule has 1 aliphatic carbocycles. The van der Waals surface area contributed by atoms with Gasteiger partial charge in [0.25, 0.3) is 0 Å². The Morgan fingerprint density at radius 2 is 2.27 bits per heavy atom. The molecule has 2 aliphatic rings. The maximum atomic E-state index is 5.78. The molecule has 1 heterocycles. The average Bonchev–Trinajstić information content (AvgIpc) is 2.98. The molecule has 1 aliphatic heterocycles. The molecule has 3 nitrogen and oxygen atoms in total. The number of likely N-dealkylation sites (tertiary alicyclic amines) is 1. The molecular formula is C12H24N2O. The normalized spacial score (nSPS) is 32.4. The first-order valence-corrected chi connectivity index (χ1v) is 6.22. The lowest BCUT2D eigenvalue weighted by molar-refractivity contribution is 0.100. The molecule has 2 N–H and O–H groups in total. The zero-order valence-corrected chi connectivity index (χ0v) is 9.87. The maximum absolute atomic E-state index is 5.78. The van der Waals surface area contributed by atoms with E-state index in [2.05, 4.69) is 11.8 Å². The summed E-state index contributed by atoms with van der Waals surface area (Å²) in [5.74, 6) is 0.887. The Kier molecular flexibility index (Phi) is 3.65. The number of nitrogens with zero attached hydrogens (tertiary/aromatic N) is 1. The largest absolute Gasteiger partial charge is 0.380 e. The van der Waals surface area contributed by atoms with Crippen molar-refractivity contribution in [3.05, 3.63) is 0 Å². The van der Waals surface area contributed by atoms with Gasteiger partial charge < -0.3 is 15.4 Å². The van der Waals surface area contributed by atoms with Crippen LogP contribution in [0.1, 0.15) is 26.2 Å². The predicted octanol–water partition coefficient (Wildman–Crippen LogP) is 1.08. The van der Waals surface area contributed by atoms with Gasteiger partial charge in [-0.05, 0) is 43.7 Å². The lowest BCUT2D eigenvalue weighted by Crippen LogP contribution is -2.32. The lowest BCUT2D eigenvalue weighted by Gasteiger charge is -2.22. The molecule has 0 aromatic rings. The van der Waals surface area contributed by atoms with E-state index in [-0.39, 0.29) is 0 Å². The van der Waals surface area contributed by atoms with Crippen molar-refractivity contribution < 1.29 is 4.74 Å². The molecule has 15 heavy (non-hydrogen) atoms. The van der Waals surface area contributed by atoms with E-state index in [9.17, 15) is 0 Å². The van der Waals surface area contributed by atoms with Gasteiger partial charge in [0.2, 0.25) is 0 Å². The van der Waals surface area contributed by atoms with Crippen molar-refractivity contribution >= 4 is 0 Å². The number of nitrogens with two attached hydrogens (primary N) is 1. The van der Waals surface area contributed by atoms with Crippen LogP contribution in [0, 0.1) is 11.3 Å². The van der Waals surface area contributed by atoms with Crippen LogP contribution in [0.5, 0.6) is 0 Å². The fourth-order valence-electron chi connectivity index (χ4n) is 2.21. The number of ether oxygens (including phenoxy) is 1. The fourth-order valence-corrected chi connectivity index (χ4v) is 2.21. The van der Waals surface area contributed by atoms with Crippen molar-refractivity contribution in [2.45, 2.75) is 26.2 Å². The van der Waals surface area contributed by atoms with Crippen LogP contribution in [0.4, 0.5) is 0 Å². The van der Waals surface area contributed by atoms with Crippen LogP contribution < -0.4 is 5.73 Å². The SMILES string of the molecule is CC1(CN)CCN(CCOCC2CC2)C1. The third-order valence-electron chi connectivity index (χ3n) is 3.73. The summed E-state index contributed by atoms with van der Waals surface area (Å²) in [4.78, 5) is 2.49. The number of hydrogen-bond donors (Lipinski definition) is 1. The standard InChI is InChI=1S/C12H24N2O/c1-12(9-13)4-5-14(10-12)6-7-15-8-11-2-3-11/h11H,2-10,13H2,1H3. The number of rotatable bonds is 6. The van der Waals surface area contributed by atoms with Crippen molar-refractivity contribution in [2.24, 2.45) is 17.1 Å². The topological polar surface area (TPSA) is 38.5 Å². The fraction of sp³-hybridized carbons (Fsp3) is 1.00. The highest BCUT2D eigenvalue weighted by molar-refractivity contribution is 4.86. The van der Waals surface area contributed by atoms with E-state index in [1.54, 1.807) is 0 Å². The maximum Gasteiger partial charge on any atom is 0.0593 e. The van der Waals surface area contributed by atoms with Gasteiger partial charge in [-0.25, -0.2) is 0 Å². The molecular weight excluding hydrogens is 188 g/mol. The summed E-state index contributed by atoms with van der Waals surface area (Å²) in [5.41, 5.74) is 6.13. The Bertz CT molecular complexity index is 206. The molecule has 3 heteroatoms. The molecule has 0 bridgehead atoms. The summed E-state index contributed by atoms with van der Waals surface area (Å²) < 4.78 is 5.65. The van der Waals surface area contributed by atoms with E-state index in [0.29, 0.717) is 5.41 Å². The molecule has 1 unspecified atom stereocenters. The molecule has 0 spiro atoms. The first-order valence-electron chi connectivity index (χ1n) is 6.22. The number of hydrogen-bond acceptors (Lipinski definition) is 3. The van der Waals surface area contributed by atoms with E-state index in [1.807, 2.05) is 0 Å². The third-order valence-corrected chi connectivity index (χ3v) is 3.73. The molecule has 0 aromatic heterocycles. The van der Waals surface area contributed by atoms with Gasteiger partial charge in [-0.15, -0.1) is 0 Å². The van der Waals surface area contributed by atoms with Gasteiger partial charge >= 0.3 is 0 Å². The van der Waals surface area contributed by atoms with Gasteiger partial charge in [0.05, 0.1) is 6.61 Å². The highest BCUT2D eigenvalue weighted by atomic mass is 16.5. The van der Waals surface area contributed by atoms with Gasteiger partial charge in [-0.2, -0.15) is 0 Å². The Labute approximate surface area is 93.0 Å². The van der Waals surface area contributed by atoms with Crippen LogP contribution >= 0.6 is 0 Å². The van der Waals surface area contributed by atoms with Crippen LogP contribution in [0.3, 0.4) is 0 Å². The van der Waals surface area contributed by atoms with Gasteiger partial charge in [-0.1, -0.05) is 6.92 Å².